The third kappa shape index (κ3) is 7.66. The van der Waals surface area contributed by atoms with Crippen molar-refractivity contribution in [1.82, 2.24) is 10.6 Å². The minimum atomic E-state index is 0. The number of methoxy groups -OCH3 is 1. The van der Waals surface area contributed by atoms with Gasteiger partial charge in [0.15, 0.2) is 0 Å². The average Bonchev–Trinajstić information content (AvgIpc) is 2.46. The van der Waals surface area contributed by atoms with Gasteiger partial charge in [0.05, 0.1) is 7.11 Å². The van der Waals surface area contributed by atoms with Crippen LogP contribution in [-0.2, 0) is 11.2 Å². The predicted molar refractivity (Wildman–Crippen MR) is 93.9 cm³/mol. The minimum Gasteiger partial charge on any atom is -0.496 e. The van der Waals surface area contributed by atoms with E-state index in [1.165, 1.54) is 0 Å². The van der Waals surface area contributed by atoms with Crippen molar-refractivity contribution in [3.05, 3.63) is 29.8 Å². The quantitative estimate of drug-likeness (QED) is 0.733. The molecule has 0 radical (unpaired) electrons. The molecule has 0 heterocycles. The fourth-order valence-corrected chi connectivity index (χ4v) is 2.40. The number of benzene rings is 1. The van der Waals surface area contributed by atoms with E-state index in [0.29, 0.717) is 19.0 Å². The summed E-state index contributed by atoms with van der Waals surface area (Å²) in [7, 11) is 1.68. The minimum absolute atomic E-state index is 0. The summed E-state index contributed by atoms with van der Waals surface area (Å²) in [6.45, 7) is 7.82. The highest BCUT2D eigenvalue weighted by Gasteiger charge is 2.12. The van der Waals surface area contributed by atoms with E-state index in [0.717, 1.165) is 24.3 Å². The molecule has 0 aliphatic carbocycles. The number of nitrogens with one attached hydrogen (secondary N) is 2. The highest BCUT2D eigenvalue weighted by Crippen LogP contribution is 2.21. The lowest BCUT2D eigenvalue weighted by Crippen LogP contribution is -2.39. The Labute approximate surface area is 140 Å². The number of rotatable bonds is 9. The van der Waals surface area contributed by atoms with Gasteiger partial charge in [0.25, 0.3) is 0 Å². The summed E-state index contributed by atoms with van der Waals surface area (Å²) in [4.78, 5) is 11.9. The zero-order valence-electron chi connectivity index (χ0n) is 14.0. The van der Waals surface area contributed by atoms with Gasteiger partial charge in [0.2, 0.25) is 5.91 Å². The maximum absolute atomic E-state index is 11.9. The highest BCUT2D eigenvalue weighted by molar-refractivity contribution is 5.85. The summed E-state index contributed by atoms with van der Waals surface area (Å²) < 4.78 is 5.35. The van der Waals surface area contributed by atoms with Crippen molar-refractivity contribution in [2.75, 3.05) is 20.2 Å². The van der Waals surface area contributed by atoms with Gasteiger partial charge in [-0.1, -0.05) is 32.0 Å². The molecule has 0 saturated carbocycles. The van der Waals surface area contributed by atoms with E-state index in [9.17, 15) is 4.79 Å². The first-order valence-corrected chi connectivity index (χ1v) is 7.68. The molecule has 0 bridgehead atoms. The third-order valence-corrected chi connectivity index (χ3v) is 3.45. The molecular formula is C17H29ClN2O2. The fraction of sp³-hybridized carbons (Fsp3) is 0.588. The van der Waals surface area contributed by atoms with Gasteiger partial charge in [0.1, 0.15) is 5.75 Å². The van der Waals surface area contributed by atoms with E-state index >= 15 is 0 Å². The Morgan fingerprint density at radius 1 is 1.27 bits per heavy atom. The molecule has 1 amide bonds. The standard InChI is InChI=1S/C17H28N2O2.ClH/c1-5-18-14(3)12-19-17(20)11-13(2)10-15-8-6-7-9-16(15)21-4;/h6-9,13-14,18H,5,10-12H2,1-4H3,(H,19,20);1H/t13?,14-;/m1./s1. The van der Waals surface area contributed by atoms with Crippen molar-refractivity contribution in [3.63, 3.8) is 0 Å². The lowest BCUT2D eigenvalue weighted by atomic mass is 9.97. The summed E-state index contributed by atoms with van der Waals surface area (Å²) in [6.07, 6.45) is 1.39. The number of carbonyl (C=O) groups excluding carboxylic acids is 1. The van der Waals surface area contributed by atoms with Crippen LogP contribution in [0.5, 0.6) is 5.75 Å². The van der Waals surface area contributed by atoms with Gasteiger partial charge in [-0.2, -0.15) is 0 Å². The van der Waals surface area contributed by atoms with Gasteiger partial charge in [-0.05, 0) is 37.4 Å². The number of likely N-dealkylation sites (N-methyl/N-ethyl adjacent to an activating group) is 1. The number of amides is 1. The molecule has 1 aromatic rings. The number of halogens is 1. The Hall–Kier alpha value is -1.26. The van der Waals surface area contributed by atoms with Crippen LogP contribution < -0.4 is 15.4 Å². The second-order valence-corrected chi connectivity index (χ2v) is 5.59. The number of hydrogen-bond donors (Lipinski definition) is 2. The number of hydrogen-bond acceptors (Lipinski definition) is 3. The van der Waals surface area contributed by atoms with Crippen LogP contribution >= 0.6 is 12.4 Å². The zero-order chi connectivity index (χ0) is 15.7. The van der Waals surface area contributed by atoms with Gasteiger partial charge in [-0.15, -0.1) is 12.4 Å². The van der Waals surface area contributed by atoms with Gasteiger partial charge >= 0.3 is 0 Å². The maximum atomic E-state index is 11.9. The van der Waals surface area contributed by atoms with Crippen LogP contribution in [0.1, 0.15) is 32.8 Å². The van der Waals surface area contributed by atoms with E-state index in [4.69, 9.17) is 4.74 Å². The normalized spacial score (nSPS) is 12.9. The van der Waals surface area contributed by atoms with Gasteiger partial charge in [-0.3, -0.25) is 4.79 Å². The first-order valence-electron chi connectivity index (χ1n) is 7.68. The second-order valence-electron chi connectivity index (χ2n) is 5.59. The van der Waals surface area contributed by atoms with Crippen LogP contribution in [0.2, 0.25) is 0 Å². The fourth-order valence-electron chi connectivity index (χ4n) is 2.40. The lowest BCUT2D eigenvalue weighted by molar-refractivity contribution is -0.121. The van der Waals surface area contributed by atoms with Crippen molar-refractivity contribution in [2.24, 2.45) is 5.92 Å². The van der Waals surface area contributed by atoms with Crippen molar-refractivity contribution >= 4 is 18.3 Å². The van der Waals surface area contributed by atoms with Crippen molar-refractivity contribution in [2.45, 2.75) is 39.7 Å². The lowest BCUT2D eigenvalue weighted by Gasteiger charge is -2.16. The first-order chi connectivity index (χ1) is 10.1. The largest absolute Gasteiger partial charge is 0.496 e. The van der Waals surface area contributed by atoms with Crippen LogP contribution in [0.4, 0.5) is 0 Å². The Morgan fingerprint density at radius 3 is 2.59 bits per heavy atom. The van der Waals surface area contributed by atoms with Crippen molar-refractivity contribution in [3.8, 4) is 5.75 Å². The summed E-state index contributed by atoms with van der Waals surface area (Å²) in [6, 6.07) is 8.29. The molecular weight excluding hydrogens is 300 g/mol. The molecule has 22 heavy (non-hydrogen) atoms. The predicted octanol–water partition coefficient (Wildman–Crippen LogP) is 2.80. The van der Waals surface area contributed by atoms with E-state index in [1.807, 2.05) is 18.2 Å². The van der Waals surface area contributed by atoms with Crippen LogP contribution in [0.3, 0.4) is 0 Å². The Bertz CT molecular complexity index is 440. The van der Waals surface area contributed by atoms with Gasteiger partial charge in [0, 0.05) is 19.0 Å². The van der Waals surface area contributed by atoms with Crippen molar-refractivity contribution < 1.29 is 9.53 Å². The SMILES string of the molecule is CCN[C@H](C)CNC(=O)CC(C)Cc1ccccc1OC.Cl. The molecule has 1 rings (SSSR count). The Kier molecular flexibility index (Phi) is 10.7. The third-order valence-electron chi connectivity index (χ3n) is 3.45. The van der Waals surface area contributed by atoms with Crippen LogP contribution in [-0.4, -0.2) is 32.1 Å². The topological polar surface area (TPSA) is 50.4 Å². The molecule has 1 aromatic carbocycles. The molecule has 0 fully saturated rings. The number of carbonyl (C=O) groups is 1. The zero-order valence-corrected chi connectivity index (χ0v) is 14.8. The summed E-state index contributed by atoms with van der Waals surface area (Å²) in [5.41, 5.74) is 1.15. The molecule has 126 valence electrons. The highest BCUT2D eigenvalue weighted by atomic mass is 35.5. The summed E-state index contributed by atoms with van der Waals surface area (Å²) in [5.74, 6) is 1.29. The van der Waals surface area contributed by atoms with Crippen LogP contribution in [0.25, 0.3) is 0 Å². The van der Waals surface area contributed by atoms with E-state index in [-0.39, 0.29) is 24.2 Å². The molecule has 0 aromatic heterocycles. The molecule has 0 saturated heterocycles. The first kappa shape index (κ1) is 20.7. The molecule has 4 nitrogen and oxygen atoms in total. The van der Waals surface area contributed by atoms with Gasteiger partial charge in [-0.25, -0.2) is 0 Å². The van der Waals surface area contributed by atoms with E-state index in [2.05, 4.69) is 37.5 Å². The number of ether oxygens (including phenoxy) is 1. The molecule has 1 unspecified atom stereocenters. The molecule has 2 atom stereocenters. The molecule has 5 heteroatoms. The van der Waals surface area contributed by atoms with Crippen LogP contribution in [0.15, 0.2) is 24.3 Å². The Morgan fingerprint density at radius 2 is 1.95 bits per heavy atom. The van der Waals surface area contributed by atoms with Crippen LogP contribution in [0, 0.1) is 5.92 Å². The average molecular weight is 329 g/mol. The smallest absolute Gasteiger partial charge is 0.220 e. The molecule has 0 aliphatic rings. The van der Waals surface area contributed by atoms with Crippen molar-refractivity contribution in [1.29, 1.82) is 0 Å². The number of para-hydroxylation sites is 1. The van der Waals surface area contributed by atoms with Gasteiger partial charge < -0.3 is 15.4 Å². The second kappa shape index (κ2) is 11.3. The monoisotopic (exact) mass is 328 g/mol. The molecule has 0 spiro atoms. The van der Waals surface area contributed by atoms with E-state index < -0.39 is 0 Å². The summed E-state index contributed by atoms with van der Waals surface area (Å²) >= 11 is 0. The molecule has 2 N–H and O–H groups in total. The molecule has 0 aliphatic heterocycles. The Balaban J connectivity index is 0.00000441. The summed E-state index contributed by atoms with van der Waals surface area (Å²) in [5, 5.41) is 6.26. The van der Waals surface area contributed by atoms with E-state index in [1.54, 1.807) is 7.11 Å². The maximum Gasteiger partial charge on any atom is 0.220 e.